The molecule has 0 fully saturated rings. The Morgan fingerprint density at radius 2 is 2.04 bits per heavy atom. The molecule has 1 aliphatic rings. The third-order valence-electron chi connectivity index (χ3n) is 3.81. The van der Waals surface area contributed by atoms with E-state index in [2.05, 4.69) is 5.32 Å². The average Bonchev–Trinajstić information content (AvgIpc) is 2.61. The number of carbonyl (C=O) groups is 2. The first-order valence-electron chi connectivity index (χ1n) is 7.75. The van der Waals surface area contributed by atoms with E-state index in [-0.39, 0.29) is 12.3 Å². The zero-order chi connectivity index (χ0) is 18.7. The average molecular weight is 382 g/mol. The van der Waals surface area contributed by atoms with Crippen LogP contribution in [0.25, 0.3) is 0 Å². The minimum absolute atomic E-state index is 0.127. The molecule has 1 amide bonds. The Hall–Kier alpha value is -2.67. The molecule has 0 radical (unpaired) electrons. The van der Waals surface area contributed by atoms with Crippen molar-refractivity contribution in [2.75, 3.05) is 18.5 Å². The molecule has 8 heteroatoms. The standard InChI is InChI=1S/C18H14ClF2NO4/c19-12-1-4-16-10(6-12)5-11(8-25-16)18(24)26-9-17(23)22-15-3-2-13(20)7-14(15)21/h1-4,6-7,11H,5,8-9H2,(H,22,23)/t11-/m1/s1. The Labute approximate surface area is 152 Å². The van der Waals surface area contributed by atoms with E-state index in [1.54, 1.807) is 18.2 Å². The van der Waals surface area contributed by atoms with Crippen molar-refractivity contribution in [3.8, 4) is 5.75 Å². The number of hydrogen-bond acceptors (Lipinski definition) is 4. The van der Waals surface area contributed by atoms with Gasteiger partial charge in [-0.15, -0.1) is 0 Å². The van der Waals surface area contributed by atoms with Gasteiger partial charge in [0, 0.05) is 11.1 Å². The maximum atomic E-state index is 13.5. The fourth-order valence-electron chi connectivity index (χ4n) is 2.55. The topological polar surface area (TPSA) is 64.6 Å². The first kappa shape index (κ1) is 18.1. The number of hydrogen-bond donors (Lipinski definition) is 1. The number of fused-ring (bicyclic) bond motifs is 1. The van der Waals surface area contributed by atoms with Crippen LogP contribution in [0, 0.1) is 17.6 Å². The van der Waals surface area contributed by atoms with E-state index < -0.39 is 36.0 Å². The molecule has 0 saturated carbocycles. The predicted octanol–water partition coefficient (Wildman–Crippen LogP) is 3.35. The number of nitrogens with one attached hydrogen (secondary N) is 1. The number of rotatable bonds is 4. The maximum Gasteiger partial charge on any atom is 0.313 e. The third kappa shape index (κ3) is 4.29. The van der Waals surface area contributed by atoms with E-state index in [0.29, 0.717) is 23.3 Å². The summed E-state index contributed by atoms with van der Waals surface area (Å²) in [5.41, 5.74) is 0.584. The molecule has 136 valence electrons. The lowest BCUT2D eigenvalue weighted by Gasteiger charge is -2.24. The van der Waals surface area contributed by atoms with Crippen molar-refractivity contribution >= 4 is 29.2 Å². The molecule has 1 heterocycles. The van der Waals surface area contributed by atoms with Gasteiger partial charge in [0.05, 0.1) is 11.6 Å². The molecule has 0 bridgehead atoms. The van der Waals surface area contributed by atoms with Crippen molar-refractivity contribution in [1.29, 1.82) is 0 Å². The zero-order valence-corrected chi connectivity index (χ0v) is 14.2. The fourth-order valence-corrected chi connectivity index (χ4v) is 2.74. The van der Waals surface area contributed by atoms with Crippen molar-refractivity contribution in [2.45, 2.75) is 6.42 Å². The normalized spacial score (nSPS) is 15.6. The summed E-state index contributed by atoms with van der Waals surface area (Å²) >= 11 is 5.93. The zero-order valence-electron chi connectivity index (χ0n) is 13.4. The quantitative estimate of drug-likeness (QED) is 0.825. The van der Waals surface area contributed by atoms with Crippen LogP contribution in [0.5, 0.6) is 5.75 Å². The van der Waals surface area contributed by atoms with Crippen LogP contribution in [0.15, 0.2) is 36.4 Å². The van der Waals surface area contributed by atoms with E-state index in [9.17, 15) is 18.4 Å². The van der Waals surface area contributed by atoms with Gasteiger partial charge < -0.3 is 14.8 Å². The second-order valence-electron chi connectivity index (χ2n) is 5.74. The number of halogens is 3. The fraction of sp³-hybridized carbons (Fsp3) is 0.222. The SMILES string of the molecule is O=C(COC(=O)[C@H]1COc2ccc(Cl)cc2C1)Nc1ccc(F)cc1F. The van der Waals surface area contributed by atoms with Crippen LogP contribution in [0.4, 0.5) is 14.5 Å². The number of esters is 1. The highest BCUT2D eigenvalue weighted by Crippen LogP contribution is 2.30. The second kappa shape index (κ2) is 7.70. The molecule has 0 saturated heterocycles. The highest BCUT2D eigenvalue weighted by molar-refractivity contribution is 6.30. The Bertz CT molecular complexity index is 859. The van der Waals surface area contributed by atoms with Crippen LogP contribution < -0.4 is 10.1 Å². The van der Waals surface area contributed by atoms with Crippen molar-refractivity contribution in [3.05, 3.63) is 58.6 Å². The largest absolute Gasteiger partial charge is 0.492 e. The summed E-state index contributed by atoms with van der Waals surface area (Å²) in [7, 11) is 0. The van der Waals surface area contributed by atoms with E-state index in [4.69, 9.17) is 21.1 Å². The van der Waals surface area contributed by atoms with Gasteiger partial charge in [-0.2, -0.15) is 0 Å². The van der Waals surface area contributed by atoms with Crippen molar-refractivity contribution in [3.63, 3.8) is 0 Å². The minimum atomic E-state index is -0.918. The Morgan fingerprint density at radius 3 is 2.81 bits per heavy atom. The summed E-state index contributed by atoms with van der Waals surface area (Å²) in [5, 5.41) is 2.74. The molecule has 26 heavy (non-hydrogen) atoms. The van der Waals surface area contributed by atoms with Crippen LogP contribution in [0.3, 0.4) is 0 Å². The van der Waals surface area contributed by atoms with Crippen molar-refractivity contribution in [1.82, 2.24) is 0 Å². The molecule has 1 atom stereocenters. The monoisotopic (exact) mass is 381 g/mol. The Balaban J connectivity index is 1.53. The molecule has 1 N–H and O–H groups in total. The first-order valence-corrected chi connectivity index (χ1v) is 8.13. The van der Waals surface area contributed by atoms with Gasteiger partial charge in [-0.25, -0.2) is 8.78 Å². The van der Waals surface area contributed by atoms with Crippen LogP contribution in [-0.2, 0) is 20.7 Å². The molecular formula is C18H14ClF2NO4. The minimum Gasteiger partial charge on any atom is -0.492 e. The lowest BCUT2D eigenvalue weighted by Crippen LogP contribution is -2.32. The van der Waals surface area contributed by atoms with Gasteiger partial charge in [0.2, 0.25) is 0 Å². The highest BCUT2D eigenvalue weighted by atomic mass is 35.5. The first-order chi connectivity index (χ1) is 12.4. The van der Waals surface area contributed by atoms with E-state index in [1.165, 1.54) is 0 Å². The number of anilines is 1. The van der Waals surface area contributed by atoms with Crippen LogP contribution in [0.1, 0.15) is 5.56 Å². The molecule has 0 aliphatic carbocycles. The number of amides is 1. The van der Waals surface area contributed by atoms with Gasteiger partial charge in [-0.1, -0.05) is 11.6 Å². The molecule has 3 rings (SSSR count). The molecular weight excluding hydrogens is 368 g/mol. The van der Waals surface area contributed by atoms with Crippen molar-refractivity contribution in [2.24, 2.45) is 5.92 Å². The van der Waals surface area contributed by atoms with Gasteiger partial charge >= 0.3 is 5.97 Å². The summed E-state index contributed by atoms with van der Waals surface area (Å²) in [6.45, 7) is -0.462. The molecule has 1 aliphatic heterocycles. The van der Waals surface area contributed by atoms with Gasteiger partial charge in [0.1, 0.15) is 24.0 Å². The molecule has 0 spiro atoms. The maximum absolute atomic E-state index is 13.5. The number of ether oxygens (including phenoxy) is 2. The summed E-state index contributed by atoms with van der Waals surface area (Å²) < 4.78 is 36.8. The Morgan fingerprint density at radius 1 is 1.23 bits per heavy atom. The number of carbonyl (C=O) groups excluding carboxylic acids is 2. The lowest BCUT2D eigenvalue weighted by atomic mass is 9.97. The molecule has 5 nitrogen and oxygen atoms in total. The molecule has 0 aromatic heterocycles. The Kier molecular flexibility index (Phi) is 5.37. The van der Waals surface area contributed by atoms with Gasteiger partial charge in [0.15, 0.2) is 6.61 Å². The summed E-state index contributed by atoms with van der Waals surface area (Å²) in [6.07, 6.45) is 0.378. The van der Waals surface area contributed by atoms with E-state index in [1.807, 2.05) is 0 Å². The van der Waals surface area contributed by atoms with Gasteiger partial charge in [0.25, 0.3) is 5.91 Å². The van der Waals surface area contributed by atoms with E-state index >= 15 is 0 Å². The predicted molar refractivity (Wildman–Crippen MR) is 90.1 cm³/mol. The second-order valence-corrected chi connectivity index (χ2v) is 6.18. The van der Waals surface area contributed by atoms with E-state index in [0.717, 1.165) is 17.7 Å². The molecule has 2 aromatic rings. The van der Waals surface area contributed by atoms with Crippen LogP contribution >= 0.6 is 11.6 Å². The summed E-state index contributed by atoms with van der Waals surface area (Å²) in [5.74, 6) is -2.93. The van der Waals surface area contributed by atoms with Gasteiger partial charge in [-0.3, -0.25) is 9.59 Å². The summed E-state index contributed by atoms with van der Waals surface area (Å²) in [6, 6.07) is 7.86. The molecule has 2 aromatic carbocycles. The molecule has 0 unspecified atom stereocenters. The smallest absolute Gasteiger partial charge is 0.313 e. The highest BCUT2D eigenvalue weighted by Gasteiger charge is 2.28. The van der Waals surface area contributed by atoms with Crippen LogP contribution in [0.2, 0.25) is 5.02 Å². The van der Waals surface area contributed by atoms with Crippen LogP contribution in [-0.4, -0.2) is 25.1 Å². The van der Waals surface area contributed by atoms with Gasteiger partial charge in [-0.05, 0) is 42.3 Å². The third-order valence-corrected chi connectivity index (χ3v) is 4.05. The van der Waals surface area contributed by atoms with Crippen molar-refractivity contribution < 1.29 is 27.8 Å². The summed E-state index contributed by atoms with van der Waals surface area (Å²) in [4.78, 5) is 23.9. The number of benzene rings is 2. The lowest BCUT2D eigenvalue weighted by molar-refractivity contribution is -0.152.